The van der Waals surface area contributed by atoms with E-state index in [4.69, 9.17) is 4.74 Å². The monoisotopic (exact) mass is 510 g/mol. The Balaban J connectivity index is 1.10. The van der Waals surface area contributed by atoms with Gasteiger partial charge in [0.2, 0.25) is 5.91 Å². The minimum Gasteiger partial charge on any atom is -0.378 e. The van der Waals surface area contributed by atoms with Crippen molar-refractivity contribution in [3.05, 3.63) is 84.1 Å². The van der Waals surface area contributed by atoms with Crippen LogP contribution in [0.25, 0.3) is 16.7 Å². The summed E-state index contributed by atoms with van der Waals surface area (Å²) in [6.07, 6.45) is 4.33. The van der Waals surface area contributed by atoms with Gasteiger partial charge in [0.1, 0.15) is 0 Å². The summed E-state index contributed by atoms with van der Waals surface area (Å²) in [6.45, 7) is 6.04. The highest BCUT2D eigenvalue weighted by Gasteiger charge is 2.22. The molecule has 2 aromatic heterocycles. The fraction of sp³-hybridized carbons (Fsp3) is 0.367. The molecular weight excluding hydrogens is 476 g/mol. The molecule has 0 aliphatic carbocycles. The molecular formula is C30H34N6O2. The maximum atomic E-state index is 13.1. The molecule has 8 nitrogen and oxygen atoms in total. The van der Waals surface area contributed by atoms with Crippen LogP contribution in [0.15, 0.2) is 72.9 Å². The van der Waals surface area contributed by atoms with Gasteiger partial charge in [0.15, 0.2) is 11.6 Å². The molecule has 2 aliphatic rings. The Hall–Kier alpha value is -3.75. The van der Waals surface area contributed by atoms with E-state index in [1.54, 1.807) is 0 Å². The van der Waals surface area contributed by atoms with Crippen LogP contribution in [0, 0.1) is 0 Å². The van der Waals surface area contributed by atoms with Crippen LogP contribution >= 0.6 is 0 Å². The first-order chi connectivity index (χ1) is 18.7. The average Bonchev–Trinajstić information content (AvgIpc) is 3.33. The summed E-state index contributed by atoms with van der Waals surface area (Å²) in [6, 6.07) is 23.0. The number of likely N-dealkylation sites (tertiary alicyclic amines) is 1. The van der Waals surface area contributed by atoms with Crippen molar-refractivity contribution < 1.29 is 9.53 Å². The number of benzene rings is 2. The molecule has 2 aromatic carbocycles. The van der Waals surface area contributed by atoms with Crippen LogP contribution in [0.4, 0.5) is 5.82 Å². The minimum absolute atomic E-state index is 0.0724. The molecule has 1 amide bonds. The summed E-state index contributed by atoms with van der Waals surface area (Å²) in [5.74, 6) is 1.68. The largest absolute Gasteiger partial charge is 0.378 e. The maximum Gasteiger partial charge on any atom is 0.224 e. The molecule has 38 heavy (non-hydrogen) atoms. The lowest BCUT2D eigenvalue weighted by atomic mass is 10.0. The van der Waals surface area contributed by atoms with Gasteiger partial charge in [-0.25, -0.2) is 0 Å². The van der Waals surface area contributed by atoms with E-state index < -0.39 is 0 Å². The number of rotatable bonds is 7. The van der Waals surface area contributed by atoms with Gasteiger partial charge in [-0.3, -0.25) is 14.3 Å². The van der Waals surface area contributed by atoms with Gasteiger partial charge in [-0.2, -0.15) is 0 Å². The number of nitrogens with zero attached hydrogens (tertiary/aromatic N) is 5. The first kappa shape index (κ1) is 24.6. The highest BCUT2D eigenvalue weighted by Crippen LogP contribution is 2.25. The third kappa shape index (κ3) is 5.56. The van der Waals surface area contributed by atoms with Gasteiger partial charge < -0.3 is 15.0 Å². The number of anilines is 1. The lowest BCUT2D eigenvalue weighted by Gasteiger charge is -2.32. The summed E-state index contributed by atoms with van der Waals surface area (Å²) in [7, 11) is 0. The van der Waals surface area contributed by atoms with E-state index in [1.807, 2.05) is 35.0 Å². The predicted octanol–water partition coefficient (Wildman–Crippen LogP) is 3.58. The quantitative estimate of drug-likeness (QED) is 0.410. The molecule has 0 radical (unpaired) electrons. The maximum absolute atomic E-state index is 13.1. The van der Waals surface area contributed by atoms with Crippen molar-refractivity contribution in [2.75, 3.05) is 44.3 Å². The molecule has 2 aliphatic heterocycles. The van der Waals surface area contributed by atoms with Gasteiger partial charge >= 0.3 is 0 Å². The molecule has 6 rings (SSSR count). The van der Waals surface area contributed by atoms with Crippen molar-refractivity contribution in [1.82, 2.24) is 25.0 Å². The number of amides is 1. The van der Waals surface area contributed by atoms with Crippen LogP contribution in [0.1, 0.15) is 24.0 Å². The van der Waals surface area contributed by atoms with E-state index >= 15 is 0 Å². The lowest BCUT2D eigenvalue weighted by molar-refractivity contribution is -0.121. The van der Waals surface area contributed by atoms with Crippen LogP contribution < -0.4 is 10.2 Å². The smallest absolute Gasteiger partial charge is 0.224 e. The highest BCUT2D eigenvalue weighted by molar-refractivity contribution is 5.90. The van der Waals surface area contributed by atoms with Gasteiger partial charge in [0, 0.05) is 50.3 Å². The number of carbonyl (C=O) groups excluding carboxylic acids is 1. The minimum atomic E-state index is 0.0724. The zero-order valence-corrected chi connectivity index (χ0v) is 21.6. The van der Waals surface area contributed by atoms with Gasteiger partial charge in [-0.15, -0.1) is 10.2 Å². The van der Waals surface area contributed by atoms with E-state index in [0.29, 0.717) is 19.6 Å². The molecule has 4 aromatic rings. The van der Waals surface area contributed by atoms with Crippen molar-refractivity contribution >= 4 is 22.6 Å². The molecule has 0 bridgehead atoms. The molecule has 2 fully saturated rings. The standard InChI is InChI=1S/C30H34N6O2/c37-30(31-25-12-14-34(15-13-25)21-23-6-2-1-3-7-23)20-24-22-36(27-9-5-4-8-26(24)27)29-11-10-28(32-33-29)35-16-18-38-19-17-35/h1-11,22,25H,12-21H2,(H,31,37). The number of para-hydroxylation sites is 1. The Bertz CT molecular complexity index is 1360. The molecule has 0 spiro atoms. The highest BCUT2D eigenvalue weighted by atomic mass is 16.5. The van der Waals surface area contributed by atoms with E-state index in [1.165, 1.54) is 5.56 Å². The van der Waals surface area contributed by atoms with Crippen molar-refractivity contribution in [2.45, 2.75) is 31.8 Å². The SMILES string of the molecule is O=C(Cc1cn(-c2ccc(N3CCOCC3)nn2)c2ccccc12)NC1CCN(Cc2ccccc2)CC1. The molecule has 0 unspecified atom stereocenters. The molecule has 196 valence electrons. The molecule has 2 saturated heterocycles. The third-order valence-electron chi connectivity index (χ3n) is 7.57. The van der Waals surface area contributed by atoms with Crippen LogP contribution in [-0.4, -0.2) is 71.0 Å². The number of hydrogen-bond acceptors (Lipinski definition) is 6. The lowest BCUT2D eigenvalue weighted by Crippen LogP contribution is -2.44. The fourth-order valence-electron chi connectivity index (χ4n) is 5.52. The number of fused-ring (bicyclic) bond motifs is 1. The van der Waals surface area contributed by atoms with Gasteiger partial charge in [-0.05, 0) is 42.2 Å². The fourth-order valence-corrected chi connectivity index (χ4v) is 5.52. The summed E-state index contributed by atoms with van der Waals surface area (Å²) >= 11 is 0. The molecule has 0 saturated carbocycles. The van der Waals surface area contributed by atoms with E-state index in [-0.39, 0.29) is 11.9 Å². The van der Waals surface area contributed by atoms with Gasteiger partial charge in [-0.1, -0.05) is 48.5 Å². The average molecular weight is 511 g/mol. The molecule has 4 heterocycles. The zero-order chi connectivity index (χ0) is 25.7. The van der Waals surface area contributed by atoms with Crippen molar-refractivity contribution in [3.8, 4) is 5.82 Å². The van der Waals surface area contributed by atoms with Crippen LogP contribution in [0.3, 0.4) is 0 Å². The number of carbonyl (C=O) groups is 1. The summed E-state index contributed by atoms with van der Waals surface area (Å²) in [5, 5.41) is 13.4. The van der Waals surface area contributed by atoms with Crippen LogP contribution in [0.5, 0.6) is 0 Å². The Morgan fingerprint density at radius 1 is 0.868 bits per heavy atom. The number of piperidine rings is 1. The van der Waals surface area contributed by atoms with Crippen molar-refractivity contribution in [3.63, 3.8) is 0 Å². The normalized spacial score (nSPS) is 17.1. The van der Waals surface area contributed by atoms with Gasteiger partial charge in [0.05, 0.1) is 25.2 Å². The molecule has 1 N–H and O–H groups in total. The predicted molar refractivity (Wildman–Crippen MR) is 148 cm³/mol. The Morgan fingerprint density at radius 3 is 2.34 bits per heavy atom. The van der Waals surface area contributed by atoms with E-state index in [2.05, 4.69) is 67.8 Å². The first-order valence-corrected chi connectivity index (χ1v) is 13.5. The number of hydrogen-bond donors (Lipinski definition) is 1. The Kier molecular flexibility index (Phi) is 7.33. The van der Waals surface area contributed by atoms with Crippen LogP contribution in [-0.2, 0) is 22.5 Å². The number of aromatic nitrogens is 3. The molecule has 0 atom stereocenters. The van der Waals surface area contributed by atoms with Crippen LogP contribution in [0.2, 0.25) is 0 Å². The zero-order valence-electron chi connectivity index (χ0n) is 21.6. The second-order valence-corrected chi connectivity index (χ2v) is 10.2. The van der Waals surface area contributed by atoms with Gasteiger partial charge in [0.25, 0.3) is 0 Å². The van der Waals surface area contributed by atoms with Crippen molar-refractivity contribution in [1.29, 1.82) is 0 Å². The second-order valence-electron chi connectivity index (χ2n) is 10.2. The number of morpholine rings is 1. The second kappa shape index (κ2) is 11.3. The molecule has 8 heteroatoms. The first-order valence-electron chi connectivity index (χ1n) is 13.5. The Labute approximate surface area is 223 Å². The van der Waals surface area contributed by atoms with E-state index in [9.17, 15) is 4.79 Å². The van der Waals surface area contributed by atoms with E-state index in [0.717, 1.165) is 73.7 Å². The number of nitrogens with one attached hydrogen (secondary N) is 1. The number of ether oxygens (including phenoxy) is 1. The topological polar surface area (TPSA) is 75.5 Å². The Morgan fingerprint density at radius 2 is 1.58 bits per heavy atom. The summed E-state index contributed by atoms with van der Waals surface area (Å²) < 4.78 is 7.48. The third-order valence-corrected chi connectivity index (χ3v) is 7.57. The summed E-state index contributed by atoms with van der Waals surface area (Å²) in [4.78, 5) is 17.7. The summed E-state index contributed by atoms with van der Waals surface area (Å²) in [5.41, 5.74) is 3.36. The van der Waals surface area contributed by atoms with Crippen molar-refractivity contribution in [2.24, 2.45) is 0 Å².